The van der Waals surface area contributed by atoms with Crippen LogP contribution in [0.5, 0.6) is 0 Å². The highest BCUT2D eigenvalue weighted by Crippen LogP contribution is 2.44. The van der Waals surface area contributed by atoms with Crippen molar-refractivity contribution in [3.8, 4) is 0 Å². The van der Waals surface area contributed by atoms with Crippen LogP contribution in [0.4, 0.5) is 0 Å². The molecule has 0 amide bonds. The molecule has 0 heterocycles. The van der Waals surface area contributed by atoms with Gasteiger partial charge in [-0.25, -0.2) is 0 Å². The van der Waals surface area contributed by atoms with Crippen molar-refractivity contribution in [2.45, 2.75) is 45.4 Å². The number of aryl methyl sites for hydroxylation is 1. The van der Waals surface area contributed by atoms with Crippen molar-refractivity contribution < 1.29 is 4.74 Å². The Kier molecular flexibility index (Phi) is 8.10. The summed E-state index contributed by atoms with van der Waals surface area (Å²) in [6.45, 7) is 5.72. The van der Waals surface area contributed by atoms with E-state index in [4.69, 9.17) is 9.73 Å². The highest BCUT2D eigenvalue weighted by molar-refractivity contribution is 5.79. The molecule has 1 saturated carbocycles. The van der Waals surface area contributed by atoms with Gasteiger partial charge in [0.25, 0.3) is 0 Å². The van der Waals surface area contributed by atoms with Gasteiger partial charge in [0, 0.05) is 33.4 Å². The molecular weight excluding hydrogens is 298 g/mol. The SMILES string of the molecule is CCNC(=NCC1(CCOC)CCC1)NCCCc1ccccc1. The summed E-state index contributed by atoms with van der Waals surface area (Å²) in [6, 6.07) is 10.7. The lowest BCUT2D eigenvalue weighted by molar-refractivity contribution is 0.0778. The summed E-state index contributed by atoms with van der Waals surface area (Å²) in [5.74, 6) is 0.953. The molecule has 1 aliphatic carbocycles. The minimum Gasteiger partial charge on any atom is -0.385 e. The molecule has 2 N–H and O–H groups in total. The van der Waals surface area contributed by atoms with Crippen molar-refractivity contribution in [3.05, 3.63) is 35.9 Å². The lowest BCUT2D eigenvalue weighted by Crippen LogP contribution is -2.40. The molecule has 0 spiro atoms. The van der Waals surface area contributed by atoms with E-state index >= 15 is 0 Å². The molecule has 0 atom stereocenters. The Labute approximate surface area is 147 Å². The zero-order valence-corrected chi connectivity index (χ0v) is 15.3. The van der Waals surface area contributed by atoms with Crippen molar-refractivity contribution in [2.75, 3.05) is 33.4 Å². The average molecular weight is 332 g/mol. The number of nitrogens with zero attached hydrogens (tertiary/aromatic N) is 1. The van der Waals surface area contributed by atoms with Gasteiger partial charge in [-0.15, -0.1) is 0 Å². The van der Waals surface area contributed by atoms with Crippen LogP contribution in [0.2, 0.25) is 0 Å². The van der Waals surface area contributed by atoms with Gasteiger partial charge in [-0.05, 0) is 50.0 Å². The van der Waals surface area contributed by atoms with E-state index < -0.39 is 0 Å². The number of ether oxygens (including phenoxy) is 1. The zero-order chi connectivity index (χ0) is 17.1. The summed E-state index contributed by atoms with van der Waals surface area (Å²) in [5, 5.41) is 6.84. The van der Waals surface area contributed by atoms with Crippen LogP contribution in [-0.4, -0.2) is 39.3 Å². The van der Waals surface area contributed by atoms with Gasteiger partial charge in [0.2, 0.25) is 0 Å². The first-order valence-corrected chi connectivity index (χ1v) is 9.33. The second kappa shape index (κ2) is 10.3. The van der Waals surface area contributed by atoms with E-state index in [1.54, 1.807) is 7.11 Å². The van der Waals surface area contributed by atoms with Gasteiger partial charge in [0.1, 0.15) is 0 Å². The third kappa shape index (κ3) is 6.16. The van der Waals surface area contributed by atoms with E-state index in [1.807, 2.05) is 0 Å². The van der Waals surface area contributed by atoms with Gasteiger partial charge in [-0.2, -0.15) is 0 Å². The Morgan fingerprint density at radius 3 is 2.62 bits per heavy atom. The fourth-order valence-electron chi connectivity index (χ4n) is 3.22. The molecule has 1 aliphatic rings. The average Bonchev–Trinajstić information content (AvgIpc) is 2.58. The maximum absolute atomic E-state index is 5.27. The molecule has 1 aromatic rings. The minimum atomic E-state index is 0.377. The summed E-state index contributed by atoms with van der Waals surface area (Å²) in [5.41, 5.74) is 1.77. The molecule has 0 saturated heterocycles. The number of methoxy groups -OCH3 is 1. The van der Waals surface area contributed by atoms with E-state index in [9.17, 15) is 0 Å². The van der Waals surface area contributed by atoms with Crippen LogP contribution < -0.4 is 10.6 Å². The topological polar surface area (TPSA) is 45.7 Å². The standard InChI is InChI=1S/C20H33N3O/c1-3-21-19(22-15-7-11-18-9-5-4-6-10-18)23-17-20(12-8-13-20)14-16-24-2/h4-6,9-10H,3,7-8,11-17H2,1-2H3,(H2,21,22,23). The van der Waals surface area contributed by atoms with Crippen molar-refractivity contribution in [2.24, 2.45) is 10.4 Å². The summed E-state index contributed by atoms with van der Waals surface area (Å²) >= 11 is 0. The van der Waals surface area contributed by atoms with E-state index in [0.29, 0.717) is 5.41 Å². The maximum Gasteiger partial charge on any atom is 0.191 e. The number of hydrogen-bond acceptors (Lipinski definition) is 2. The molecular formula is C20H33N3O. The number of rotatable bonds is 10. The lowest BCUT2D eigenvalue weighted by Gasteiger charge is -2.40. The molecule has 0 aliphatic heterocycles. The number of aliphatic imine (C=N–C) groups is 1. The Hall–Kier alpha value is -1.55. The van der Waals surface area contributed by atoms with Crippen LogP contribution in [-0.2, 0) is 11.2 Å². The number of benzene rings is 1. The van der Waals surface area contributed by atoms with Crippen LogP contribution in [0.3, 0.4) is 0 Å². The fourth-order valence-corrected chi connectivity index (χ4v) is 3.22. The van der Waals surface area contributed by atoms with Crippen molar-refractivity contribution in [1.29, 1.82) is 0 Å². The molecule has 134 valence electrons. The van der Waals surface area contributed by atoms with E-state index in [-0.39, 0.29) is 0 Å². The van der Waals surface area contributed by atoms with E-state index in [1.165, 1.54) is 24.8 Å². The van der Waals surface area contributed by atoms with Crippen molar-refractivity contribution in [1.82, 2.24) is 10.6 Å². The Bertz CT molecular complexity index is 483. The first kappa shape index (κ1) is 18.8. The molecule has 0 bridgehead atoms. The second-order valence-corrected chi connectivity index (χ2v) is 6.81. The smallest absolute Gasteiger partial charge is 0.191 e. The summed E-state index contributed by atoms with van der Waals surface area (Å²) in [7, 11) is 1.79. The van der Waals surface area contributed by atoms with Crippen LogP contribution >= 0.6 is 0 Å². The monoisotopic (exact) mass is 331 g/mol. The summed E-state index contributed by atoms with van der Waals surface area (Å²) in [4.78, 5) is 4.84. The predicted octanol–water partition coefficient (Wildman–Crippen LogP) is 3.38. The van der Waals surface area contributed by atoms with Crippen molar-refractivity contribution in [3.63, 3.8) is 0 Å². The highest BCUT2D eigenvalue weighted by Gasteiger charge is 2.36. The van der Waals surface area contributed by atoms with Crippen LogP contribution in [0.25, 0.3) is 0 Å². The highest BCUT2D eigenvalue weighted by atomic mass is 16.5. The van der Waals surface area contributed by atoms with Crippen molar-refractivity contribution >= 4 is 5.96 Å². The Morgan fingerprint density at radius 1 is 1.21 bits per heavy atom. The summed E-state index contributed by atoms with van der Waals surface area (Å²) < 4.78 is 5.27. The molecule has 1 fully saturated rings. The van der Waals surface area contributed by atoms with Gasteiger partial charge in [-0.1, -0.05) is 36.8 Å². The largest absolute Gasteiger partial charge is 0.385 e. The number of nitrogens with one attached hydrogen (secondary N) is 2. The molecule has 0 radical (unpaired) electrons. The predicted molar refractivity (Wildman–Crippen MR) is 102 cm³/mol. The van der Waals surface area contributed by atoms with Gasteiger partial charge in [-0.3, -0.25) is 4.99 Å². The quantitative estimate of drug-likeness (QED) is 0.392. The van der Waals surface area contributed by atoms with E-state index in [0.717, 1.165) is 51.5 Å². The third-order valence-electron chi connectivity index (χ3n) is 4.95. The van der Waals surface area contributed by atoms with Crippen LogP contribution in [0.15, 0.2) is 35.3 Å². The molecule has 1 aromatic carbocycles. The fraction of sp³-hybridized carbons (Fsp3) is 0.650. The van der Waals surface area contributed by atoms with E-state index in [2.05, 4.69) is 47.9 Å². The first-order chi connectivity index (χ1) is 11.8. The van der Waals surface area contributed by atoms with Gasteiger partial charge < -0.3 is 15.4 Å². The summed E-state index contributed by atoms with van der Waals surface area (Å²) in [6.07, 6.45) is 7.25. The van der Waals surface area contributed by atoms with Gasteiger partial charge in [0.05, 0.1) is 0 Å². The molecule has 0 unspecified atom stereocenters. The van der Waals surface area contributed by atoms with Gasteiger partial charge >= 0.3 is 0 Å². The zero-order valence-electron chi connectivity index (χ0n) is 15.3. The Morgan fingerprint density at radius 2 is 2.00 bits per heavy atom. The normalized spacial score (nSPS) is 16.5. The third-order valence-corrected chi connectivity index (χ3v) is 4.95. The van der Waals surface area contributed by atoms with Crippen LogP contribution in [0.1, 0.15) is 44.6 Å². The first-order valence-electron chi connectivity index (χ1n) is 9.33. The lowest BCUT2D eigenvalue weighted by atomic mass is 9.67. The molecule has 0 aromatic heterocycles. The minimum absolute atomic E-state index is 0.377. The maximum atomic E-state index is 5.27. The number of hydrogen-bond donors (Lipinski definition) is 2. The second-order valence-electron chi connectivity index (χ2n) is 6.81. The molecule has 2 rings (SSSR count). The molecule has 24 heavy (non-hydrogen) atoms. The van der Waals surface area contributed by atoms with Crippen LogP contribution in [0, 0.1) is 5.41 Å². The van der Waals surface area contributed by atoms with Gasteiger partial charge in [0.15, 0.2) is 5.96 Å². The molecule has 4 heteroatoms. The number of guanidine groups is 1. The Balaban J connectivity index is 1.75. The molecule has 4 nitrogen and oxygen atoms in total.